The predicted molar refractivity (Wildman–Crippen MR) is 302 cm³/mol. The molecule has 0 aromatic heterocycles. The minimum absolute atomic E-state index is 0.0830. The molecule has 0 radical (unpaired) electrons. The first kappa shape index (κ1) is 65.6. The van der Waals surface area contributed by atoms with Gasteiger partial charge in [-0.3, -0.25) is 9.59 Å². The van der Waals surface area contributed by atoms with Crippen LogP contribution in [0.5, 0.6) is 0 Å². The summed E-state index contributed by atoms with van der Waals surface area (Å²) in [4.78, 5) is 24.5. The molecule has 0 bridgehead atoms. The van der Waals surface area contributed by atoms with E-state index in [4.69, 9.17) is 9.47 Å². The molecule has 5 heteroatoms. The van der Waals surface area contributed by atoms with Crippen LogP contribution in [0.1, 0.15) is 264 Å². The van der Waals surface area contributed by atoms with Crippen LogP contribution < -0.4 is 0 Å². The van der Waals surface area contributed by atoms with Gasteiger partial charge >= 0.3 is 11.9 Å². The Kier molecular flexibility index (Phi) is 55.9. The molecule has 0 fully saturated rings. The Morgan fingerprint density at radius 1 is 0.348 bits per heavy atom. The largest absolute Gasteiger partial charge is 0.462 e. The molecule has 394 valence electrons. The van der Waals surface area contributed by atoms with Gasteiger partial charge in [-0.2, -0.15) is 0 Å². The quantitative estimate of drug-likeness (QED) is 0.0374. The van der Waals surface area contributed by atoms with Crippen LogP contribution in [0.25, 0.3) is 0 Å². The molecule has 0 saturated heterocycles. The normalized spacial score (nSPS) is 13.0. The van der Waals surface area contributed by atoms with E-state index in [0.29, 0.717) is 12.8 Å². The lowest BCUT2D eigenvalue weighted by molar-refractivity contribution is -0.161. The Morgan fingerprint density at radius 3 is 0.942 bits per heavy atom. The molecule has 0 aliphatic carbocycles. The molecule has 0 spiro atoms. The first-order chi connectivity index (χ1) is 34.1. The van der Waals surface area contributed by atoms with Crippen molar-refractivity contribution >= 4 is 11.9 Å². The van der Waals surface area contributed by atoms with E-state index in [1.165, 1.54) is 135 Å². The standard InChI is InChI=1S/C64H108O5/c1-3-5-7-9-11-13-15-17-19-21-23-25-27-29-30-31-32-33-34-35-37-39-41-43-45-47-49-51-53-55-57-59-64(67)69-62(60-65)61-68-63(66)58-56-54-52-50-48-46-44-42-40-38-36-28-26-24-22-20-18-16-14-12-10-8-6-4-2/h5,7,11,13,17,19,23,25,29-30,32-33,35,37,41,43,47,49,62,65H,3-4,6,8-10,12,14-16,18,20-22,24,26-28,31,34,36,38-40,42,44-46,48,50-61H2,1-2H3/b7-5-,13-11-,19-17-,25-23-,30-29-,33-32-,37-35-,43-41-,49-47-. The van der Waals surface area contributed by atoms with Crippen LogP contribution in [0, 0.1) is 0 Å². The maximum atomic E-state index is 12.3. The number of aliphatic hydroxyl groups is 1. The van der Waals surface area contributed by atoms with Crippen LogP contribution >= 0.6 is 0 Å². The topological polar surface area (TPSA) is 72.8 Å². The molecule has 1 atom stereocenters. The molecule has 0 rings (SSSR count). The van der Waals surface area contributed by atoms with E-state index in [1.807, 2.05) is 0 Å². The van der Waals surface area contributed by atoms with Crippen molar-refractivity contribution in [1.82, 2.24) is 0 Å². The van der Waals surface area contributed by atoms with Crippen molar-refractivity contribution in [2.45, 2.75) is 270 Å². The number of esters is 2. The van der Waals surface area contributed by atoms with Gasteiger partial charge in [-0.05, 0) is 83.5 Å². The van der Waals surface area contributed by atoms with E-state index < -0.39 is 6.10 Å². The molecule has 0 aliphatic heterocycles. The van der Waals surface area contributed by atoms with Gasteiger partial charge < -0.3 is 14.6 Å². The van der Waals surface area contributed by atoms with Crippen LogP contribution in [0.4, 0.5) is 0 Å². The van der Waals surface area contributed by atoms with Crippen LogP contribution in [0.2, 0.25) is 0 Å². The van der Waals surface area contributed by atoms with Crippen LogP contribution in [0.3, 0.4) is 0 Å². The summed E-state index contributed by atoms with van der Waals surface area (Å²) in [6.45, 7) is 4.02. The second kappa shape index (κ2) is 58.9. The minimum atomic E-state index is -0.797. The Hall–Kier alpha value is -3.44. The summed E-state index contributed by atoms with van der Waals surface area (Å²) >= 11 is 0. The highest BCUT2D eigenvalue weighted by Crippen LogP contribution is 2.16. The molecular formula is C64H108O5. The lowest BCUT2D eigenvalue weighted by Crippen LogP contribution is -2.28. The van der Waals surface area contributed by atoms with Crippen LogP contribution in [-0.2, 0) is 19.1 Å². The summed E-state index contributed by atoms with van der Waals surface area (Å²) in [5.41, 5.74) is 0. The second-order valence-electron chi connectivity index (χ2n) is 19.0. The SMILES string of the molecule is CC/C=C\C/C=C\C/C=C\C/C=C\C/C=C\C/C=C\C/C=C\C/C=C\C/C=C\CCCCCC(=O)OC(CO)COC(=O)CCCCCCCCCCCCCCCCCCCCCCCCCC. The van der Waals surface area contributed by atoms with Gasteiger partial charge in [-0.15, -0.1) is 0 Å². The predicted octanol–water partition coefficient (Wildman–Crippen LogP) is 19.7. The van der Waals surface area contributed by atoms with Crippen LogP contribution in [-0.4, -0.2) is 36.4 Å². The Balaban J connectivity index is 3.60. The van der Waals surface area contributed by atoms with Gasteiger partial charge in [0.25, 0.3) is 0 Å². The van der Waals surface area contributed by atoms with Gasteiger partial charge in [-0.1, -0.05) is 277 Å². The monoisotopic (exact) mass is 957 g/mol. The zero-order valence-corrected chi connectivity index (χ0v) is 45.0. The highest BCUT2D eigenvalue weighted by molar-refractivity contribution is 5.70. The Labute approximate surface area is 427 Å². The fourth-order valence-electron chi connectivity index (χ4n) is 8.02. The maximum absolute atomic E-state index is 12.3. The summed E-state index contributed by atoms with van der Waals surface area (Å²) in [6.07, 6.45) is 84.9. The highest BCUT2D eigenvalue weighted by atomic mass is 16.6. The molecule has 1 unspecified atom stereocenters. The second-order valence-corrected chi connectivity index (χ2v) is 19.0. The number of rotatable bonds is 52. The molecule has 5 nitrogen and oxygen atoms in total. The summed E-state index contributed by atoms with van der Waals surface area (Å²) in [7, 11) is 0. The molecule has 1 N–H and O–H groups in total. The molecule has 0 amide bonds. The van der Waals surface area contributed by atoms with Gasteiger partial charge in [0.15, 0.2) is 6.10 Å². The van der Waals surface area contributed by atoms with Crippen molar-refractivity contribution < 1.29 is 24.2 Å². The first-order valence-corrected chi connectivity index (χ1v) is 28.9. The van der Waals surface area contributed by atoms with Gasteiger partial charge in [-0.25, -0.2) is 0 Å². The fraction of sp³-hybridized carbons (Fsp3) is 0.688. The number of hydrogen-bond acceptors (Lipinski definition) is 5. The summed E-state index contributed by atoms with van der Waals surface area (Å²) < 4.78 is 10.7. The number of ether oxygens (including phenoxy) is 2. The molecular weight excluding hydrogens is 849 g/mol. The van der Waals surface area contributed by atoms with Gasteiger partial charge in [0, 0.05) is 12.8 Å². The summed E-state index contributed by atoms with van der Waals surface area (Å²) in [5, 5.41) is 9.65. The van der Waals surface area contributed by atoms with Gasteiger partial charge in [0.2, 0.25) is 0 Å². The zero-order valence-electron chi connectivity index (χ0n) is 45.0. The molecule has 69 heavy (non-hydrogen) atoms. The molecule has 0 saturated carbocycles. The maximum Gasteiger partial charge on any atom is 0.306 e. The molecule has 0 aromatic rings. The van der Waals surface area contributed by atoms with E-state index in [-0.39, 0.29) is 25.2 Å². The van der Waals surface area contributed by atoms with Crippen molar-refractivity contribution in [3.8, 4) is 0 Å². The average molecular weight is 958 g/mol. The third-order valence-corrected chi connectivity index (χ3v) is 12.3. The smallest absolute Gasteiger partial charge is 0.306 e. The molecule has 0 heterocycles. The summed E-state index contributed by atoms with van der Waals surface area (Å²) in [5.74, 6) is -0.626. The Bertz CT molecular complexity index is 1360. The zero-order chi connectivity index (χ0) is 49.9. The van der Waals surface area contributed by atoms with Gasteiger partial charge in [0.05, 0.1) is 6.61 Å². The molecule has 0 aliphatic rings. The van der Waals surface area contributed by atoms with Gasteiger partial charge in [0.1, 0.15) is 6.61 Å². The fourth-order valence-corrected chi connectivity index (χ4v) is 8.02. The number of hydrogen-bond donors (Lipinski definition) is 1. The van der Waals surface area contributed by atoms with E-state index in [9.17, 15) is 14.7 Å². The third-order valence-electron chi connectivity index (χ3n) is 12.3. The molecule has 0 aromatic carbocycles. The van der Waals surface area contributed by atoms with E-state index >= 15 is 0 Å². The lowest BCUT2D eigenvalue weighted by atomic mass is 10.0. The van der Waals surface area contributed by atoms with E-state index in [0.717, 1.165) is 103 Å². The Morgan fingerprint density at radius 2 is 0.623 bits per heavy atom. The lowest BCUT2D eigenvalue weighted by Gasteiger charge is -2.15. The van der Waals surface area contributed by atoms with E-state index in [1.54, 1.807) is 0 Å². The summed E-state index contributed by atoms with van der Waals surface area (Å²) in [6, 6.07) is 0. The van der Waals surface area contributed by atoms with Crippen molar-refractivity contribution in [3.05, 3.63) is 109 Å². The third kappa shape index (κ3) is 57.0. The number of unbranched alkanes of at least 4 members (excludes halogenated alkanes) is 26. The first-order valence-electron chi connectivity index (χ1n) is 28.9. The van der Waals surface area contributed by atoms with Crippen molar-refractivity contribution in [1.29, 1.82) is 0 Å². The van der Waals surface area contributed by atoms with Crippen molar-refractivity contribution in [3.63, 3.8) is 0 Å². The number of aliphatic hydroxyl groups excluding tert-OH is 1. The van der Waals surface area contributed by atoms with Crippen LogP contribution in [0.15, 0.2) is 109 Å². The minimum Gasteiger partial charge on any atom is -0.462 e. The number of carbonyl (C=O) groups excluding carboxylic acids is 2. The number of carbonyl (C=O) groups is 2. The highest BCUT2D eigenvalue weighted by Gasteiger charge is 2.16. The van der Waals surface area contributed by atoms with Crippen molar-refractivity contribution in [2.24, 2.45) is 0 Å². The average Bonchev–Trinajstić information content (AvgIpc) is 3.35. The number of allylic oxidation sites excluding steroid dienone is 18. The van der Waals surface area contributed by atoms with Crippen molar-refractivity contribution in [2.75, 3.05) is 13.2 Å². The van der Waals surface area contributed by atoms with E-state index in [2.05, 4.69) is 123 Å².